The van der Waals surface area contributed by atoms with E-state index >= 15 is 0 Å². The first-order valence-corrected chi connectivity index (χ1v) is 9.61. The molecule has 0 spiro atoms. The van der Waals surface area contributed by atoms with Gasteiger partial charge < -0.3 is 14.8 Å². The van der Waals surface area contributed by atoms with Gasteiger partial charge in [-0.05, 0) is 57.4 Å². The molecule has 0 aromatic heterocycles. The van der Waals surface area contributed by atoms with Crippen molar-refractivity contribution < 1.29 is 14.3 Å². The van der Waals surface area contributed by atoms with Gasteiger partial charge in [0, 0.05) is 12.0 Å². The lowest BCUT2D eigenvalue weighted by Crippen LogP contribution is -2.45. The SMILES string of the molecule is CC[C@@H](Oc1ccccc1C)C(=O)N[C@@H]1CC(C)(C)Oc2cc(C)ccc21. The molecule has 0 unspecified atom stereocenters. The van der Waals surface area contributed by atoms with Crippen LogP contribution in [-0.4, -0.2) is 17.6 Å². The van der Waals surface area contributed by atoms with Gasteiger partial charge in [-0.3, -0.25) is 4.79 Å². The van der Waals surface area contributed by atoms with E-state index in [0.29, 0.717) is 6.42 Å². The van der Waals surface area contributed by atoms with Gasteiger partial charge in [0.2, 0.25) is 0 Å². The monoisotopic (exact) mass is 367 g/mol. The highest BCUT2D eigenvalue weighted by molar-refractivity contribution is 5.81. The molecule has 0 fully saturated rings. The summed E-state index contributed by atoms with van der Waals surface area (Å²) in [5, 5.41) is 3.20. The maximum Gasteiger partial charge on any atom is 0.261 e. The molecule has 0 saturated carbocycles. The van der Waals surface area contributed by atoms with Crippen molar-refractivity contribution in [3.63, 3.8) is 0 Å². The molecule has 0 saturated heterocycles. The van der Waals surface area contributed by atoms with Crippen LogP contribution in [0.5, 0.6) is 11.5 Å². The Hall–Kier alpha value is -2.49. The summed E-state index contributed by atoms with van der Waals surface area (Å²) in [7, 11) is 0. The van der Waals surface area contributed by atoms with Crippen molar-refractivity contribution in [2.24, 2.45) is 0 Å². The molecule has 2 atom stereocenters. The third kappa shape index (κ3) is 4.44. The van der Waals surface area contributed by atoms with Gasteiger partial charge in [-0.25, -0.2) is 0 Å². The van der Waals surface area contributed by atoms with Gasteiger partial charge in [-0.15, -0.1) is 0 Å². The Morgan fingerprint density at radius 2 is 2.00 bits per heavy atom. The summed E-state index contributed by atoms with van der Waals surface area (Å²) in [6.07, 6.45) is 0.800. The zero-order chi connectivity index (χ0) is 19.6. The van der Waals surface area contributed by atoms with Crippen LogP contribution >= 0.6 is 0 Å². The van der Waals surface area contributed by atoms with Gasteiger partial charge >= 0.3 is 0 Å². The number of amides is 1. The second kappa shape index (κ2) is 7.63. The van der Waals surface area contributed by atoms with Crippen molar-refractivity contribution in [1.29, 1.82) is 0 Å². The standard InChI is InChI=1S/C23H29NO3/c1-6-19(26-20-10-8-7-9-16(20)3)22(25)24-18-14-23(4,5)27-21-13-15(2)11-12-17(18)21/h7-13,18-19H,6,14H2,1-5H3,(H,24,25)/t18-,19-/m1/s1. The van der Waals surface area contributed by atoms with Crippen molar-refractivity contribution in [1.82, 2.24) is 5.32 Å². The molecule has 1 aliphatic rings. The molecule has 0 bridgehead atoms. The topological polar surface area (TPSA) is 47.6 Å². The van der Waals surface area contributed by atoms with E-state index < -0.39 is 6.10 Å². The number of carbonyl (C=O) groups is 1. The van der Waals surface area contributed by atoms with Gasteiger partial charge in [0.15, 0.2) is 6.10 Å². The molecule has 1 N–H and O–H groups in total. The van der Waals surface area contributed by atoms with Gasteiger partial charge in [0.05, 0.1) is 6.04 Å². The van der Waals surface area contributed by atoms with Crippen LogP contribution in [0.4, 0.5) is 0 Å². The Morgan fingerprint density at radius 3 is 2.70 bits per heavy atom. The molecule has 144 valence electrons. The summed E-state index contributed by atoms with van der Waals surface area (Å²) in [6, 6.07) is 13.8. The van der Waals surface area contributed by atoms with Crippen molar-refractivity contribution >= 4 is 5.91 Å². The van der Waals surface area contributed by atoms with E-state index in [0.717, 1.165) is 34.6 Å². The van der Waals surface area contributed by atoms with E-state index in [1.807, 2.05) is 57.2 Å². The quantitative estimate of drug-likeness (QED) is 0.819. The highest BCUT2D eigenvalue weighted by atomic mass is 16.5. The molecule has 1 aliphatic heterocycles. The van der Waals surface area contributed by atoms with Gasteiger partial charge in [0.1, 0.15) is 17.1 Å². The smallest absolute Gasteiger partial charge is 0.261 e. The van der Waals surface area contributed by atoms with E-state index in [1.54, 1.807) is 0 Å². The molecule has 1 amide bonds. The first-order valence-electron chi connectivity index (χ1n) is 9.61. The zero-order valence-electron chi connectivity index (χ0n) is 16.8. The molecule has 27 heavy (non-hydrogen) atoms. The number of nitrogens with one attached hydrogen (secondary N) is 1. The fraction of sp³-hybridized carbons (Fsp3) is 0.435. The average Bonchev–Trinajstić information content (AvgIpc) is 2.59. The maximum atomic E-state index is 13.0. The molecular weight excluding hydrogens is 338 g/mol. The lowest BCUT2D eigenvalue weighted by molar-refractivity contribution is -0.129. The first kappa shape index (κ1) is 19.3. The highest BCUT2D eigenvalue weighted by Crippen LogP contribution is 2.40. The molecule has 2 aromatic carbocycles. The number of para-hydroxylation sites is 1. The predicted octanol–water partition coefficient (Wildman–Crippen LogP) is 4.88. The van der Waals surface area contributed by atoms with Gasteiger partial charge in [0.25, 0.3) is 5.91 Å². The van der Waals surface area contributed by atoms with Crippen LogP contribution in [0.25, 0.3) is 0 Å². The molecule has 4 heteroatoms. The number of aryl methyl sites for hydroxylation is 2. The number of fused-ring (bicyclic) bond motifs is 1. The second-order valence-electron chi connectivity index (χ2n) is 7.95. The summed E-state index contributed by atoms with van der Waals surface area (Å²) in [5.74, 6) is 1.52. The van der Waals surface area contributed by atoms with Crippen LogP contribution in [0.3, 0.4) is 0 Å². The van der Waals surface area contributed by atoms with Crippen LogP contribution < -0.4 is 14.8 Å². The Kier molecular flexibility index (Phi) is 5.45. The van der Waals surface area contributed by atoms with E-state index in [1.165, 1.54) is 0 Å². The van der Waals surface area contributed by atoms with Crippen molar-refractivity contribution in [2.45, 2.75) is 65.2 Å². The Balaban J connectivity index is 1.79. The van der Waals surface area contributed by atoms with E-state index in [4.69, 9.17) is 9.47 Å². The third-order valence-corrected chi connectivity index (χ3v) is 4.97. The maximum absolute atomic E-state index is 13.0. The van der Waals surface area contributed by atoms with E-state index in [-0.39, 0.29) is 17.6 Å². The average molecular weight is 367 g/mol. The van der Waals surface area contributed by atoms with Crippen LogP contribution in [0.1, 0.15) is 56.3 Å². The molecule has 1 heterocycles. The number of rotatable bonds is 5. The summed E-state index contributed by atoms with van der Waals surface area (Å²) in [5.41, 5.74) is 2.86. The van der Waals surface area contributed by atoms with E-state index in [9.17, 15) is 4.79 Å². The lowest BCUT2D eigenvalue weighted by atomic mass is 9.89. The number of carbonyl (C=O) groups excluding carboxylic acids is 1. The first-order chi connectivity index (χ1) is 12.8. The van der Waals surface area contributed by atoms with E-state index in [2.05, 4.69) is 25.2 Å². The van der Waals surface area contributed by atoms with Gasteiger partial charge in [-0.1, -0.05) is 37.3 Å². The second-order valence-corrected chi connectivity index (χ2v) is 7.95. The minimum absolute atomic E-state index is 0.0880. The molecular formula is C23H29NO3. The largest absolute Gasteiger partial charge is 0.487 e. The van der Waals surface area contributed by atoms with Crippen molar-refractivity contribution in [3.05, 3.63) is 59.2 Å². The lowest BCUT2D eigenvalue weighted by Gasteiger charge is -2.38. The summed E-state index contributed by atoms with van der Waals surface area (Å²) in [6.45, 7) is 10.1. The summed E-state index contributed by atoms with van der Waals surface area (Å²) < 4.78 is 12.1. The minimum Gasteiger partial charge on any atom is -0.487 e. The van der Waals surface area contributed by atoms with Gasteiger partial charge in [-0.2, -0.15) is 0 Å². The Morgan fingerprint density at radius 1 is 1.26 bits per heavy atom. The fourth-order valence-electron chi connectivity index (χ4n) is 3.52. The third-order valence-electron chi connectivity index (χ3n) is 4.97. The highest BCUT2D eigenvalue weighted by Gasteiger charge is 2.35. The van der Waals surface area contributed by atoms with Crippen molar-refractivity contribution in [2.75, 3.05) is 0 Å². The van der Waals surface area contributed by atoms with Crippen LogP contribution in [0.15, 0.2) is 42.5 Å². The summed E-state index contributed by atoms with van der Waals surface area (Å²) >= 11 is 0. The summed E-state index contributed by atoms with van der Waals surface area (Å²) in [4.78, 5) is 13.0. The molecule has 2 aromatic rings. The minimum atomic E-state index is -0.522. The van der Waals surface area contributed by atoms with Crippen LogP contribution in [0, 0.1) is 13.8 Å². The number of hydrogen-bond donors (Lipinski definition) is 1. The zero-order valence-corrected chi connectivity index (χ0v) is 16.8. The van der Waals surface area contributed by atoms with Crippen molar-refractivity contribution in [3.8, 4) is 11.5 Å². The van der Waals surface area contributed by atoms with Crippen LogP contribution in [-0.2, 0) is 4.79 Å². The molecule has 3 rings (SSSR count). The normalized spacial score (nSPS) is 18.8. The molecule has 0 radical (unpaired) electrons. The van der Waals surface area contributed by atoms with Crippen LogP contribution in [0.2, 0.25) is 0 Å². The number of benzene rings is 2. The number of ether oxygens (including phenoxy) is 2. The Labute approximate surface area is 161 Å². The molecule has 4 nitrogen and oxygen atoms in total. The molecule has 0 aliphatic carbocycles. The Bertz CT molecular complexity index is 828. The fourth-order valence-corrected chi connectivity index (χ4v) is 3.52. The number of hydrogen-bond acceptors (Lipinski definition) is 3. The predicted molar refractivity (Wildman–Crippen MR) is 107 cm³/mol.